The van der Waals surface area contributed by atoms with Gasteiger partial charge in [0.15, 0.2) is 5.76 Å². The standard InChI is InChI=1S/C16H20N2O3S/c1-3-11(2)17-15(19)12-6-4-5-7-13(12)18-16(20)14-10-22-9-8-21-14/h4-7,10-11H,3,8-9H2,1-2H3,(H,17,19)(H,18,20). The van der Waals surface area contributed by atoms with Crippen LogP contribution in [0.1, 0.15) is 30.6 Å². The fourth-order valence-electron chi connectivity index (χ4n) is 1.87. The van der Waals surface area contributed by atoms with Crippen LogP contribution in [0, 0.1) is 0 Å². The molecule has 0 aromatic heterocycles. The minimum atomic E-state index is -0.337. The van der Waals surface area contributed by atoms with Crippen molar-refractivity contribution in [1.29, 1.82) is 0 Å². The van der Waals surface area contributed by atoms with Crippen LogP contribution >= 0.6 is 11.8 Å². The lowest BCUT2D eigenvalue weighted by atomic mass is 10.1. The molecule has 2 amide bonds. The first-order valence-corrected chi connectivity index (χ1v) is 8.32. The second-order valence-corrected chi connectivity index (χ2v) is 5.96. The summed E-state index contributed by atoms with van der Waals surface area (Å²) in [6.07, 6.45) is 0.845. The maximum Gasteiger partial charge on any atom is 0.291 e. The van der Waals surface area contributed by atoms with E-state index in [2.05, 4.69) is 10.6 Å². The van der Waals surface area contributed by atoms with Crippen molar-refractivity contribution in [2.45, 2.75) is 26.3 Å². The minimum absolute atomic E-state index is 0.0806. The number of rotatable bonds is 5. The predicted octanol–water partition coefficient (Wildman–Crippen LogP) is 2.76. The van der Waals surface area contributed by atoms with Gasteiger partial charge in [-0.1, -0.05) is 19.1 Å². The monoisotopic (exact) mass is 320 g/mol. The van der Waals surface area contributed by atoms with E-state index in [0.29, 0.717) is 17.9 Å². The molecule has 22 heavy (non-hydrogen) atoms. The van der Waals surface area contributed by atoms with E-state index in [0.717, 1.165) is 12.2 Å². The Hall–Kier alpha value is -1.95. The molecule has 1 aliphatic rings. The third-order valence-electron chi connectivity index (χ3n) is 3.28. The summed E-state index contributed by atoms with van der Waals surface area (Å²) in [6.45, 7) is 4.46. The van der Waals surface area contributed by atoms with Gasteiger partial charge in [-0.25, -0.2) is 0 Å². The molecule has 1 heterocycles. The summed E-state index contributed by atoms with van der Waals surface area (Å²) in [5, 5.41) is 7.34. The van der Waals surface area contributed by atoms with Crippen LogP contribution in [-0.2, 0) is 9.53 Å². The van der Waals surface area contributed by atoms with Crippen molar-refractivity contribution in [2.24, 2.45) is 0 Å². The van der Waals surface area contributed by atoms with Gasteiger partial charge in [0.25, 0.3) is 11.8 Å². The molecule has 0 bridgehead atoms. The molecule has 0 saturated heterocycles. The highest BCUT2D eigenvalue weighted by molar-refractivity contribution is 8.02. The number of benzene rings is 1. The third-order valence-corrected chi connectivity index (χ3v) is 4.07. The molecule has 1 aromatic rings. The highest BCUT2D eigenvalue weighted by Crippen LogP contribution is 2.19. The molecule has 0 aliphatic carbocycles. The number of anilines is 1. The average molecular weight is 320 g/mol. The van der Waals surface area contributed by atoms with E-state index in [9.17, 15) is 9.59 Å². The van der Waals surface area contributed by atoms with Gasteiger partial charge in [0.2, 0.25) is 0 Å². The van der Waals surface area contributed by atoms with Crippen molar-refractivity contribution in [3.05, 3.63) is 41.0 Å². The van der Waals surface area contributed by atoms with Crippen molar-refractivity contribution in [1.82, 2.24) is 5.32 Å². The minimum Gasteiger partial charge on any atom is -0.487 e. The summed E-state index contributed by atoms with van der Waals surface area (Å²) >= 11 is 1.54. The van der Waals surface area contributed by atoms with Crippen molar-refractivity contribution in [2.75, 3.05) is 17.7 Å². The first-order valence-electron chi connectivity index (χ1n) is 7.27. The Morgan fingerprint density at radius 3 is 2.77 bits per heavy atom. The molecule has 1 aliphatic heterocycles. The molecular weight excluding hydrogens is 300 g/mol. The fraction of sp³-hybridized carbons (Fsp3) is 0.375. The number of thioether (sulfide) groups is 1. The molecule has 2 rings (SSSR count). The van der Waals surface area contributed by atoms with E-state index in [1.54, 1.807) is 29.7 Å². The first-order chi connectivity index (χ1) is 10.6. The maximum atomic E-state index is 12.3. The maximum absolute atomic E-state index is 12.3. The number of carbonyl (C=O) groups excluding carboxylic acids is 2. The summed E-state index contributed by atoms with van der Waals surface area (Å²) in [4.78, 5) is 24.5. The van der Waals surface area contributed by atoms with Gasteiger partial charge < -0.3 is 15.4 Å². The average Bonchev–Trinajstić information content (AvgIpc) is 2.55. The Morgan fingerprint density at radius 2 is 2.09 bits per heavy atom. The highest BCUT2D eigenvalue weighted by atomic mass is 32.2. The second kappa shape index (κ2) is 7.89. The summed E-state index contributed by atoms with van der Waals surface area (Å²) in [7, 11) is 0. The molecule has 6 heteroatoms. The lowest BCUT2D eigenvalue weighted by Gasteiger charge is -2.17. The normalized spacial score (nSPS) is 15.3. The molecule has 1 unspecified atom stereocenters. The van der Waals surface area contributed by atoms with E-state index in [4.69, 9.17) is 4.74 Å². The number of hydrogen-bond donors (Lipinski definition) is 2. The molecule has 1 atom stereocenters. The van der Waals surface area contributed by atoms with Gasteiger partial charge in [-0.05, 0) is 25.5 Å². The zero-order valence-electron chi connectivity index (χ0n) is 12.7. The smallest absolute Gasteiger partial charge is 0.291 e. The SMILES string of the molecule is CCC(C)NC(=O)c1ccccc1NC(=O)C1=CSCCO1. The van der Waals surface area contributed by atoms with E-state index in [1.807, 2.05) is 13.8 Å². The molecule has 0 radical (unpaired) electrons. The molecule has 0 fully saturated rings. The van der Waals surface area contributed by atoms with Crippen LogP contribution < -0.4 is 10.6 Å². The molecular formula is C16H20N2O3S. The first kappa shape index (κ1) is 16.4. The number of amides is 2. The van der Waals surface area contributed by atoms with E-state index in [1.165, 1.54) is 11.8 Å². The topological polar surface area (TPSA) is 67.4 Å². The number of hydrogen-bond acceptors (Lipinski definition) is 4. The molecule has 5 nitrogen and oxygen atoms in total. The van der Waals surface area contributed by atoms with E-state index < -0.39 is 0 Å². The van der Waals surface area contributed by atoms with Gasteiger partial charge in [-0.2, -0.15) is 0 Å². The second-order valence-electron chi connectivity index (χ2n) is 4.98. The zero-order valence-corrected chi connectivity index (χ0v) is 13.5. The van der Waals surface area contributed by atoms with Crippen LogP contribution in [-0.4, -0.2) is 30.2 Å². The van der Waals surface area contributed by atoms with E-state index in [-0.39, 0.29) is 23.6 Å². The molecule has 118 valence electrons. The number of ether oxygens (including phenoxy) is 1. The number of para-hydroxylation sites is 1. The summed E-state index contributed by atoms with van der Waals surface area (Å²) in [5.41, 5.74) is 0.925. The number of nitrogens with one attached hydrogen (secondary N) is 2. The van der Waals surface area contributed by atoms with Gasteiger partial charge in [0, 0.05) is 17.2 Å². The molecule has 0 saturated carbocycles. The predicted molar refractivity (Wildman–Crippen MR) is 88.8 cm³/mol. The van der Waals surface area contributed by atoms with Gasteiger partial charge >= 0.3 is 0 Å². The van der Waals surface area contributed by atoms with Crippen LogP contribution in [0.3, 0.4) is 0 Å². The number of carbonyl (C=O) groups is 2. The fourth-order valence-corrected chi connectivity index (χ4v) is 2.49. The van der Waals surface area contributed by atoms with Crippen LogP contribution in [0.4, 0.5) is 5.69 Å². The zero-order chi connectivity index (χ0) is 15.9. The Morgan fingerprint density at radius 1 is 1.32 bits per heavy atom. The highest BCUT2D eigenvalue weighted by Gasteiger charge is 2.18. The Labute approximate surface area is 134 Å². The Bertz CT molecular complexity index is 587. The molecule has 0 spiro atoms. The van der Waals surface area contributed by atoms with Crippen molar-refractivity contribution in [3.8, 4) is 0 Å². The summed E-state index contributed by atoms with van der Waals surface area (Å²) < 4.78 is 5.32. The van der Waals surface area contributed by atoms with Crippen LogP contribution in [0.2, 0.25) is 0 Å². The third kappa shape index (κ3) is 4.27. The quantitative estimate of drug-likeness (QED) is 0.875. The van der Waals surface area contributed by atoms with Crippen LogP contribution in [0.5, 0.6) is 0 Å². The van der Waals surface area contributed by atoms with Gasteiger partial charge in [-0.15, -0.1) is 11.8 Å². The Kier molecular flexibility index (Phi) is 5.89. The van der Waals surface area contributed by atoms with Crippen molar-refractivity contribution < 1.29 is 14.3 Å². The van der Waals surface area contributed by atoms with Crippen LogP contribution in [0.15, 0.2) is 35.4 Å². The lowest BCUT2D eigenvalue weighted by Crippen LogP contribution is -2.32. The Balaban J connectivity index is 2.12. The van der Waals surface area contributed by atoms with Gasteiger partial charge in [0.1, 0.15) is 0 Å². The van der Waals surface area contributed by atoms with Crippen LogP contribution in [0.25, 0.3) is 0 Å². The lowest BCUT2D eigenvalue weighted by molar-refractivity contribution is -0.116. The van der Waals surface area contributed by atoms with Gasteiger partial charge in [-0.3, -0.25) is 9.59 Å². The summed E-state index contributed by atoms with van der Waals surface area (Å²) in [6, 6.07) is 7.03. The molecule has 2 N–H and O–H groups in total. The van der Waals surface area contributed by atoms with Gasteiger partial charge in [0.05, 0.1) is 17.9 Å². The summed E-state index contributed by atoms with van der Waals surface area (Å²) in [5.74, 6) is 0.590. The van der Waals surface area contributed by atoms with Crippen molar-refractivity contribution in [3.63, 3.8) is 0 Å². The largest absolute Gasteiger partial charge is 0.487 e. The van der Waals surface area contributed by atoms with E-state index >= 15 is 0 Å². The van der Waals surface area contributed by atoms with Crippen molar-refractivity contribution >= 4 is 29.3 Å². The molecule has 1 aromatic carbocycles.